The molecule has 1 saturated carbocycles. The summed E-state index contributed by atoms with van der Waals surface area (Å²) < 4.78 is 7.22. The lowest BCUT2D eigenvalue weighted by molar-refractivity contribution is -0.117. The molecule has 2 aromatic heterocycles. The number of carbonyl (C=O) groups excluding carboxylic acids is 1. The molecule has 1 amide bonds. The molecule has 2 heterocycles. The minimum Gasteiger partial charge on any atom is -0.496 e. The van der Waals surface area contributed by atoms with Crippen LogP contribution in [0.3, 0.4) is 0 Å². The van der Waals surface area contributed by atoms with E-state index in [0.29, 0.717) is 11.6 Å². The average molecular weight is 336 g/mol. The molecule has 1 aromatic carbocycles. The van der Waals surface area contributed by atoms with E-state index in [-0.39, 0.29) is 11.8 Å². The zero-order valence-corrected chi connectivity index (χ0v) is 14.5. The van der Waals surface area contributed by atoms with Gasteiger partial charge in [-0.05, 0) is 62.1 Å². The van der Waals surface area contributed by atoms with Crippen molar-refractivity contribution in [2.24, 2.45) is 5.92 Å². The Morgan fingerprint density at radius 1 is 1.24 bits per heavy atom. The number of aromatic nitrogens is 3. The van der Waals surface area contributed by atoms with E-state index in [4.69, 9.17) is 4.74 Å². The Hall–Kier alpha value is -2.89. The molecule has 0 spiro atoms. The fraction of sp³-hybridized carbons (Fsp3) is 0.316. The summed E-state index contributed by atoms with van der Waals surface area (Å²) in [4.78, 5) is 16.4. The number of aryl methyl sites for hydroxylation is 2. The van der Waals surface area contributed by atoms with Crippen LogP contribution in [0.15, 0.2) is 30.3 Å². The molecular weight excluding hydrogens is 316 g/mol. The van der Waals surface area contributed by atoms with Gasteiger partial charge in [-0.3, -0.25) is 10.1 Å². The quantitative estimate of drug-likeness (QED) is 0.793. The molecule has 0 bridgehead atoms. The highest BCUT2D eigenvalue weighted by Gasteiger charge is 2.30. The van der Waals surface area contributed by atoms with Crippen molar-refractivity contribution >= 4 is 17.5 Å². The predicted molar refractivity (Wildman–Crippen MR) is 95.8 cm³/mol. The normalized spacial score (nSPS) is 13.9. The van der Waals surface area contributed by atoms with Crippen LogP contribution < -0.4 is 10.1 Å². The first-order valence-electron chi connectivity index (χ1n) is 8.39. The van der Waals surface area contributed by atoms with Gasteiger partial charge in [0.1, 0.15) is 5.75 Å². The van der Waals surface area contributed by atoms with Crippen LogP contribution in [-0.4, -0.2) is 27.6 Å². The van der Waals surface area contributed by atoms with Gasteiger partial charge in [-0.2, -0.15) is 4.98 Å². The maximum Gasteiger partial charge on any atom is 0.249 e. The average Bonchev–Trinajstić information content (AvgIpc) is 3.34. The maximum absolute atomic E-state index is 12.0. The standard InChI is InChI=1S/C19H20N4O2/c1-11-9-14(10-12(2)17(11)25-3)15-5-4-6-16-20-19(22-23(15)16)21-18(24)13-7-8-13/h4-6,9-10,13H,7-8H2,1-3H3,(H,21,22,24). The number of amides is 1. The Balaban J connectivity index is 1.77. The number of fused-ring (bicyclic) bond motifs is 1. The van der Waals surface area contributed by atoms with E-state index >= 15 is 0 Å². The van der Waals surface area contributed by atoms with Crippen LogP contribution in [0.5, 0.6) is 5.75 Å². The highest BCUT2D eigenvalue weighted by molar-refractivity contribution is 5.92. The van der Waals surface area contributed by atoms with Gasteiger partial charge >= 0.3 is 0 Å². The third-order valence-corrected chi connectivity index (χ3v) is 4.50. The van der Waals surface area contributed by atoms with Crippen LogP contribution in [0.4, 0.5) is 5.95 Å². The molecule has 0 atom stereocenters. The molecule has 0 radical (unpaired) electrons. The van der Waals surface area contributed by atoms with Crippen molar-refractivity contribution in [3.63, 3.8) is 0 Å². The number of nitrogens with zero attached hydrogens (tertiary/aromatic N) is 3. The summed E-state index contributed by atoms with van der Waals surface area (Å²) in [6, 6.07) is 9.97. The molecule has 3 aromatic rings. The summed E-state index contributed by atoms with van der Waals surface area (Å²) in [5, 5.41) is 7.29. The molecular formula is C19H20N4O2. The Kier molecular flexibility index (Phi) is 3.67. The summed E-state index contributed by atoms with van der Waals surface area (Å²) >= 11 is 0. The van der Waals surface area contributed by atoms with Crippen molar-refractivity contribution < 1.29 is 9.53 Å². The third-order valence-electron chi connectivity index (χ3n) is 4.50. The molecule has 1 aliphatic carbocycles. The lowest BCUT2D eigenvalue weighted by Crippen LogP contribution is -2.14. The zero-order chi connectivity index (χ0) is 17.6. The number of nitrogens with one attached hydrogen (secondary N) is 1. The highest BCUT2D eigenvalue weighted by Crippen LogP contribution is 2.31. The lowest BCUT2D eigenvalue weighted by Gasteiger charge is -2.12. The number of carbonyl (C=O) groups is 1. The minimum atomic E-state index is 0.00796. The van der Waals surface area contributed by atoms with Gasteiger partial charge in [-0.25, -0.2) is 4.52 Å². The molecule has 4 rings (SSSR count). The van der Waals surface area contributed by atoms with Crippen molar-refractivity contribution in [1.82, 2.24) is 14.6 Å². The smallest absolute Gasteiger partial charge is 0.249 e. The van der Waals surface area contributed by atoms with E-state index in [9.17, 15) is 4.79 Å². The van der Waals surface area contributed by atoms with E-state index in [1.807, 2.05) is 32.0 Å². The van der Waals surface area contributed by atoms with Gasteiger partial charge in [0.15, 0.2) is 5.65 Å². The maximum atomic E-state index is 12.0. The van der Waals surface area contributed by atoms with Gasteiger partial charge in [-0.15, -0.1) is 5.10 Å². The van der Waals surface area contributed by atoms with Crippen LogP contribution in [0.1, 0.15) is 24.0 Å². The fourth-order valence-corrected chi connectivity index (χ4v) is 3.15. The number of benzene rings is 1. The first-order chi connectivity index (χ1) is 12.1. The number of hydrogen-bond donors (Lipinski definition) is 1. The molecule has 6 nitrogen and oxygen atoms in total. The summed E-state index contributed by atoms with van der Waals surface area (Å²) in [5.41, 5.74) is 4.79. The number of anilines is 1. The molecule has 0 aliphatic heterocycles. The van der Waals surface area contributed by atoms with Crippen LogP contribution in [0, 0.1) is 19.8 Å². The van der Waals surface area contributed by atoms with Crippen molar-refractivity contribution in [1.29, 1.82) is 0 Å². The SMILES string of the molecule is COc1c(C)cc(-c2cccc3nc(NC(=O)C4CC4)nn23)cc1C. The summed E-state index contributed by atoms with van der Waals surface area (Å²) in [5.74, 6) is 1.38. The van der Waals surface area contributed by atoms with Crippen molar-refractivity contribution in [3.8, 4) is 17.0 Å². The number of ether oxygens (including phenoxy) is 1. The molecule has 0 saturated heterocycles. The monoisotopic (exact) mass is 336 g/mol. The Morgan fingerprint density at radius 3 is 2.60 bits per heavy atom. The molecule has 128 valence electrons. The van der Waals surface area contributed by atoms with Gasteiger partial charge < -0.3 is 4.74 Å². The molecule has 1 fully saturated rings. The fourth-order valence-electron chi connectivity index (χ4n) is 3.15. The van der Waals surface area contributed by atoms with Gasteiger partial charge in [0, 0.05) is 11.5 Å². The topological polar surface area (TPSA) is 68.5 Å². The minimum absolute atomic E-state index is 0.00796. The molecule has 1 aliphatic rings. The van der Waals surface area contributed by atoms with Crippen LogP contribution in [0.2, 0.25) is 0 Å². The number of rotatable bonds is 4. The summed E-state index contributed by atoms with van der Waals surface area (Å²) in [6.07, 6.45) is 1.91. The van der Waals surface area contributed by atoms with Crippen molar-refractivity contribution in [3.05, 3.63) is 41.5 Å². The first-order valence-corrected chi connectivity index (χ1v) is 8.39. The van der Waals surface area contributed by atoms with E-state index in [1.54, 1.807) is 11.6 Å². The van der Waals surface area contributed by atoms with Crippen LogP contribution >= 0.6 is 0 Å². The van der Waals surface area contributed by atoms with Gasteiger partial charge in [0.2, 0.25) is 11.9 Å². The van der Waals surface area contributed by atoms with E-state index in [2.05, 4.69) is 27.5 Å². The Morgan fingerprint density at radius 2 is 1.96 bits per heavy atom. The number of pyridine rings is 1. The Bertz CT molecular complexity index is 950. The zero-order valence-electron chi connectivity index (χ0n) is 14.5. The second kappa shape index (κ2) is 5.88. The Labute approximate surface area is 145 Å². The van der Waals surface area contributed by atoms with Crippen LogP contribution in [-0.2, 0) is 4.79 Å². The van der Waals surface area contributed by atoms with Crippen LogP contribution in [0.25, 0.3) is 16.9 Å². The lowest BCUT2D eigenvalue weighted by atomic mass is 10.0. The van der Waals surface area contributed by atoms with E-state index in [0.717, 1.165) is 41.0 Å². The first kappa shape index (κ1) is 15.6. The van der Waals surface area contributed by atoms with Crippen molar-refractivity contribution in [2.45, 2.75) is 26.7 Å². The van der Waals surface area contributed by atoms with Gasteiger partial charge in [0.05, 0.1) is 12.8 Å². The molecule has 1 N–H and O–H groups in total. The van der Waals surface area contributed by atoms with Crippen molar-refractivity contribution in [2.75, 3.05) is 12.4 Å². The van der Waals surface area contributed by atoms with Gasteiger partial charge in [0.25, 0.3) is 0 Å². The summed E-state index contributed by atoms with van der Waals surface area (Å²) in [6.45, 7) is 4.05. The third kappa shape index (κ3) is 2.84. The molecule has 25 heavy (non-hydrogen) atoms. The second-order valence-corrected chi connectivity index (χ2v) is 6.52. The molecule has 6 heteroatoms. The highest BCUT2D eigenvalue weighted by atomic mass is 16.5. The predicted octanol–water partition coefficient (Wildman–Crippen LogP) is 3.37. The number of methoxy groups -OCH3 is 1. The van der Waals surface area contributed by atoms with Gasteiger partial charge in [-0.1, -0.05) is 6.07 Å². The number of hydrogen-bond acceptors (Lipinski definition) is 4. The second-order valence-electron chi connectivity index (χ2n) is 6.52. The molecule has 0 unspecified atom stereocenters. The largest absolute Gasteiger partial charge is 0.496 e. The van der Waals surface area contributed by atoms with E-state index < -0.39 is 0 Å². The van der Waals surface area contributed by atoms with E-state index in [1.165, 1.54) is 0 Å². The summed E-state index contributed by atoms with van der Waals surface area (Å²) in [7, 11) is 1.68.